The van der Waals surface area contributed by atoms with E-state index < -0.39 is 0 Å². The van der Waals surface area contributed by atoms with Gasteiger partial charge in [-0.25, -0.2) is 9.97 Å². The lowest BCUT2D eigenvalue weighted by atomic mass is 9.73. The molecule has 5 nitrogen and oxygen atoms in total. The first-order valence-electron chi connectivity index (χ1n) is 17.3. The van der Waals surface area contributed by atoms with Crippen molar-refractivity contribution >= 4 is 76.1 Å². The Hall–Kier alpha value is -6.37. The van der Waals surface area contributed by atoms with E-state index in [0.29, 0.717) is 11.5 Å². The topological polar surface area (TPSA) is 56.7 Å². The fraction of sp³-hybridized carbons (Fsp3) is 0.0444. The molecule has 0 amide bonds. The van der Waals surface area contributed by atoms with Crippen molar-refractivity contribution in [1.29, 1.82) is 0 Å². The van der Waals surface area contributed by atoms with E-state index in [0.717, 1.165) is 44.2 Å². The van der Waals surface area contributed by atoms with Gasteiger partial charge in [0.15, 0.2) is 5.58 Å². The summed E-state index contributed by atoms with van der Waals surface area (Å²) in [6.45, 7) is 0. The maximum atomic E-state index is 6.58. The molecule has 12 rings (SSSR count). The molecule has 238 valence electrons. The molecule has 0 fully saturated rings. The second-order valence-corrected chi connectivity index (χ2v) is 14.6. The van der Waals surface area contributed by atoms with Crippen LogP contribution in [0, 0.1) is 0 Å². The Labute approximate surface area is 295 Å². The first-order valence-corrected chi connectivity index (χ1v) is 18.1. The van der Waals surface area contributed by atoms with Gasteiger partial charge >= 0.3 is 0 Å². The third-order valence-corrected chi connectivity index (χ3v) is 12.0. The predicted molar refractivity (Wildman–Crippen MR) is 209 cm³/mol. The molecule has 2 aliphatic carbocycles. The molecule has 0 N–H and O–H groups in total. The second kappa shape index (κ2) is 10.1. The van der Waals surface area contributed by atoms with E-state index in [1.807, 2.05) is 53.9 Å². The molecule has 0 aliphatic heterocycles. The van der Waals surface area contributed by atoms with Gasteiger partial charge in [0, 0.05) is 49.8 Å². The van der Waals surface area contributed by atoms with Gasteiger partial charge in [-0.3, -0.25) is 9.55 Å². The number of hydrogen-bond acceptors (Lipinski definition) is 5. The van der Waals surface area contributed by atoms with E-state index in [4.69, 9.17) is 19.4 Å². The number of para-hydroxylation sites is 2. The zero-order valence-electron chi connectivity index (χ0n) is 27.1. The van der Waals surface area contributed by atoms with Crippen molar-refractivity contribution in [3.8, 4) is 27.8 Å². The van der Waals surface area contributed by atoms with E-state index in [-0.39, 0.29) is 11.8 Å². The largest absolute Gasteiger partial charge is 0.452 e. The number of allylic oxidation sites excluding steroid dienone is 4. The fourth-order valence-electron chi connectivity index (χ4n) is 8.64. The highest BCUT2D eigenvalue weighted by Gasteiger charge is 2.40. The summed E-state index contributed by atoms with van der Waals surface area (Å²) in [4.78, 5) is 17.1. The van der Waals surface area contributed by atoms with E-state index in [9.17, 15) is 0 Å². The molecule has 0 saturated heterocycles. The number of thiophene rings is 1. The molecule has 0 spiro atoms. The number of aromatic nitrogens is 4. The summed E-state index contributed by atoms with van der Waals surface area (Å²) >= 11 is 1.87. The average molecular weight is 671 g/mol. The molecule has 10 aromatic rings. The quantitative estimate of drug-likeness (QED) is 0.184. The van der Waals surface area contributed by atoms with Gasteiger partial charge in [-0.15, -0.1) is 11.3 Å². The van der Waals surface area contributed by atoms with Crippen molar-refractivity contribution < 1.29 is 4.42 Å². The number of nitrogens with zero attached hydrogens (tertiary/aromatic N) is 4. The van der Waals surface area contributed by atoms with Crippen LogP contribution < -0.4 is 0 Å². The van der Waals surface area contributed by atoms with Gasteiger partial charge in [-0.2, -0.15) is 0 Å². The Morgan fingerprint density at radius 2 is 1.39 bits per heavy atom. The molecular weight excluding hydrogens is 645 g/mol. The molecular formula is C45H26N4OS. The Morgan fingerprint density at radius 3 is 2.29 bits per heavy atom. The predicted octanol–water partition coefficient (Wildman–Crippen LogP) is 11.9. The fourth-order valence-corrected chi connectivity index (χ4v) is 9.95. The van der Waals surface area contributed by atoms with Gasteiger partial charge in [-0.05, 0) is 52.2 Å². The van der Waals surface area contributed by atoms with Crippen LogP contribution in [-0.2, 0) is 0 Å². The van der Waals surface area contributed by atoms with Gasteiger partial charge in [0.25, 0.3) is 0 Å². The minimum Gasteiger partial charge on any atom is -0.452 e. The molecule has 2 aliphatic rings. The summed E-state index contributed by atoms with van der Waals surface area (Å²) in [6, 6.07) is 40.6. The summed E-state index contributed by atoms with van der Waals surface area (Å²) in [5.41, 5.74) is 9.81. The normalized spacial score (nSPS) is 16.5. The number of hydrogen-bond donors (Lipinski definition) is 0. The first-order chi connectivity index (χ1) is 25.3. The molecule has 0 saturated carbocycles. The number of furan rings is 1. The maximum absolute atomic E-state index is 6.58. The van der Waals surface area contributed by atoms with Crippen molar-refractivity contribution in [3.05, 3.63) is 157 Å². The molecule has 5 aromatic heterocycles. The molecule has 0 bridgehead atoms. The van der Waals surface area contributed by atoms with Crippen molar-refractivity contribution in [2.24, 2.45) is 0 Å². The lowest BCUT2D eigenvalue weighted by molar-refractivity contribution is 0.666. The van der Waals surface area contributed by atoms with Crippen LogP contribution in [0.15, 0.2) is 150 Å². The van der Waals surface area contributed by atoms with E-state index in [1.165, 1.54) is 47.9 Å². The third-order valence-electron chi connectivity index (χ3n) is 10.8. The molecule has 5 heterocycles. The lowest BCUT2D eigenvalue weighted by Gasteiger charge is -2.31. The highest BCUT2D eigenvalue weighted by molar-refractivity contribution is 7.22. The van der Waals surface area contributed by atoms with Crippen LogP contribution >= 0.6 is 11.3 Å². The molecule has 2 atom stereocenters. The molecule has 2 unspecified atom stereocenters. The standard InChI is InChI=1S/C45H26N4OS/c1-3-13-28-25(11-1)21-22-33-37-29-14-4-5-15-30(29)38-32-17-7-10-20-36(32)51-44(38)42(37)49(41(28)33)45-47-39(27-23-26-12-2-8-18-34(26)46-24-27)43-40(48-45)31-16-6-9-19-35(31)50-43/h1-24,29-30H. The summed E-state index contributed by atoms with van der Waals surface area (Å²) in [5, 5.41) is 6.92. The average Bonchev–Trinajstić information content (AvgIpc) is 3.88. The summed E-state index contributed by atoms with van der Waals surface area (Å²) in [7, 11) is 0. The smallest absolute Gasteiger partial charge is 0.236 e. The van der Waals surface area contributed by atoms with Crippen molar-refractivity contribution in [2.75, 3.05) is 0 Å². The number of pyridine rings is 1. The van der Waals surface area contributed by atoms with Gasteiger partial charge in [0.1, 0.15) is 16.8 Å². The number of rotatable bonds is 2. The second-order valence-electron chi connectivity index (χ2n) is 13.5. The first kappa shape index (κ1) is 27.5. The summed E-state index contributed by atoms with van der Waals surface area (Å²) in [5.74, 6) is 1.03. The van der Waals surface area contributed by atoms with Gasteiger partial charge in [-0.1, -0.05) is 109 Å². The van der Waals surface area contributed by atoms with Crippen molar-refractivity contribution in [2.45, 2.75) is 11.8 Å². The van der Waals surface area contributed by atoms with Gasteiger partial charge < -0.3 is 4.42 Å². The van der Waals surface area contributed by atoms with Crippen molar-refractivity contribution in [1.82, 2.24) is 19.5 Å². The number of fused-ring (bicyclic) bond motifs is 16. The number of benzene rings is 5. The molecule has 0 radical (unpaired) electrons. The SMILES string of the molecule is C1=CC2c3c(sc4ccccc34)-c3c(c4ccc5ccccc5c4n3-c3nc(-c4cnc5ccccc5c4)c4oc5ccccc5c4n3)C2C=C1. The van der Waals surface area contributed by atoms with Gasteiger partial charge in [0.2, 0.25) is 5.95 Å². The Balaban J connectivity index is 1.28. The monoisotopic (exact) mass is 670 g/mol. The summed E-state index contributed by atoms with van der Waals surface area (Å²) in [6.07, 6.45) is 11.1. The molecule has 51 heavy (non-hydrogen) atoms. The van der Waals surface area contributed by atoms with E-state index >= 15 is 0 Å². The van der Waals surface area contributed by atoms with Crippen LogP contribution in [0.3, 0.4) is 0 Å². The van der Waals surface area contributed by atoms with Crippen LogP contribution in [0.25, 0.3) is 92.5 Å². The third kappa shape index (κ3) is 3.72. The minimum atomic E-state index is 0.170. The zero-order valence-corrected chi connectivity index (χ0v) is 27.9. The van der Waals surface area contributed by atoms with Crippen LogP contribution in [-0.4, -0.2) is 19.5 Å². The van der Waals surface area contributed by atoms with Gasteiger partial charge in [0.05, 0.1) is 21.6 Å². The summed E-state index contributed by atoms with van der Waals surface area (Å²) < 4.78 is 10.2. The molecule has 6 heteroatoms. The Morgan fingerprint density at radius 1 is 0.647 bits per heavy atom. The van der Waals surface area contributed by atoms with E-state index in [1.54, 1.807) is 0 Å². The lowest BCUT2D eigenvalue weighted by Crippen LogP contribution is -2.16. The highest BCUT2D eigenvalue weighted by Crippen LogP contribution is 2.58. The van der Waals surface area contributed by atoms with Crippen molar-refractivity contribution in [3.63, 3.8) is 0 Å². The van der Waals surface area contributed by atoms with Crippen LogP contribution in [0.4, 0.5) is 0 Å². The van der Waals surface area contributed by atoms with Crippen LogP contribution in [0.5, 0.6) is 0 Å². The van der Waals surface area contributed by atoms with E-state index in [2.05, 4.69) is 108 Å². The van der Waals surface area contributed by atoms with Crippen LogP contribution in [0.1, 0.15) is 23.0 Å². The zero-order chi connectivity index (χ0) is 33.2. The minimum absolute atomic E-state index is 0.170. The Kier molecular flexibility index (Phi) is 5.43. The van der Waals surface area contributed by atoms with Crippen LogP contribution in [0.2, 0.25) is 0 Å². The highest BCUT2D eigenvalue weighted by atomic mass is 32.1. The molecule has 5 aromatic carbocycles. The maximum Gasteiger partial charge on any atom is 0.236 e. The Bertz CT molecular complexity index is 3180.